The van der Waals surface area contributed by atoms with Crippen molar-refractivity contribution in [1.82, 2.24) is 0 Å². The summed E-state index contributed by atoms with van der Waals surface area (Å²) in [6, 6.07) is 2.23. The predicted octanol–water partition coefficient (Wildman–Crippen LogP) is 3.53. The summed E-state index contributed by atoms with van der Waals surface area (Å²) in [5.41, 5.74) is 0.812. The summed E-state index contributed by atoms with van der Waals surface area (Å²) in [5.74, 6) is 4.76. The van der Waals surface area contributed by atoms with Gasteiger partial charge in [0.1, 0.15) is 0 Å². The second-order valence-corrected chi connectivity index (χ2v) is 6.01. The summed E-state index contributed by atoms with van der Waals surface area (Å²) < 4.78 is 0. The maximum absolute atomic E-state index is 8.84. The van der Waals surface area contributed by atoms with Crippen LogP contribution in [0, 0.1) is 40.9 Å². The largest absolute Gasteiger partial charge is 0.193 e. The first-order valence-corrected chi connectivity index (χ1v) is 6.34. The Hall–Kier alpha value is -0.770. The average molecular weight is 201 g/mol. The van der Waals surface area contributed by atoms with E-state index < -0.39 is 0 Å². The van der Waals surface area contributed by atoms with Gasteiger partial charge in [-0.2, -0.15) is 5.26 Å². The van der Waals surface area contributed by atoms with Crippen molar-refractivity contribution >= 4 is 0 Å². The molecule has 4 aliphatic carbocycles. The van der Waals surface area contributed by atoms with E-state index in [1.54, 1.807) is 0 Å². The zero-order valence-electron chi connectivity index (χ0n) is 9.28. The highest BCUT2D eigenvalue weighted by Gasteiger charge is 2.47. The van der Waals surface area contributed by atoms with Crippen LogP contribution in [-0.4, -0.2) is 0 Å². The van der Waals surface area contributed by atoms with Crippen LogP contribution < -0.4 is 0 Å². The lowest BCUT2D eigenvalue weighted by molar-refractivity contribution is -0.0355. The molecule has 0 heterocycles. The van der Waals surface area contributed by atoms with Crippen LogP contribution >= 0.6 is 0 Å². The minimum atomic E-state index is 0.810. The second kappa shape index (κ2) is 3.37. The average Bonchev–Trinajstić information content (AvgIpc) is 2.22. The molecular formula is C14H19N. The highest BCUT2D eigenvalue weighted by molar-refractivity contribution is 5.17. The summed E-state index contributed by atoms with van der Waals surface area (Å²) in [6.45, 7) is 3.86. The van der Waals surface area contributed by atoms with E-state index in [1.165, 1.54) is 32.1 Å². The number of nitrogens with zero attached hydrogens (tertiary/aromatic N) is 1. The molecule has 0 aromatic heterocycles. The van der Waals surface area contributed by atoms with E-state index >= 15 is 0 Å². The number of hydrogen-bond donors (Lipinski definition) is 0. The number of allylic oxidation sites excluding steroid dienone is 1. The molecule has 80 valence electrons. The monoisotopic (exact) mass is 201 g/mol. The van der Waals surface area contributed by atoms with Crippen molar-refractivity contribution in [3.8, 4) is 6.07 Å². The van der Waals surface area contributed by atoms with E-state index in [4.69, 9.17) is 5.26 Å². The van der Waals surface area contributed by atoms with E-state index in [0.717, 1.165) is 41.6 Å². The van der Waals surface area contributed by atoms with Crippen LogP contribution in [0.5, 0.6) is 0 Å². The van der Waals surface area contributed by atoms with E-state index in [2.05, 4.69) is 12.6 Å². The van der Waals surface area contributed by atoms with Gasteiger partial charge in [0, 0.05) is 5.57 Å². The molecule has 0 aliphatic heterocycles. The van der Waals surface area contributed by atoms with Crippen LogP contribution in [0.25, 0.3) is 0 Å². The van der Waals surface area contributed by atoms with Crippen molar-refractivity contribution in [2.45, 2.75) is 38.5 Å². The van der Waals surface area contributed by atoms with Crippen molar-refractivity contribution in [1.29, 1.82) is 5.26 Å². The highest BCUT2D eigenvalue weighted by atomic mass is 14.5. The van der Waals surface area contributed by atoms with Gasteiger partial charge in [0.05, 0.1) is 6.07 Å². The molecule has 0 spiro atoms. The molecule has 0 saturated heterocycles. The Labute approximate surface area is 92.2 Å². The Kier molecular flexibility index (Phi) is 2.12. The summed E-state index contributed by atoms with van der Waals surface area (Å²) in [4.78, 5) is 0. The van der Waals surface area contributed by atoms with E-state index in [9.17, 15) is 0 Å². The zero-order valence-corrected chi connectivity index (χ0v) is 9.28. The van der Waals surface area contributed by atoms with Gasteiger partial charge >= 0.3 is 0 Å². The van der Waals surface area contributed by atoms with E-state index in [1.807, 2.05) is 0 Å². The van der Waals surface area contributed by atoms with Crippen LogP contribution in [-0.2, 0) is 0 Å². The molecule has 4 aliphatic rings. The molecule has 15 heavy (non-hydrogen) atoms. The Morgan fingerprint density at radius 1 is 1.07 bits per heavy atom. The normalized spacial score (nSPS) is 46.5. The first-order valence-electron chi connectivity index (χ1n) is 6.34. The number of hydrogen-bond acceptors (Lipinski definition) is 1. The lowest BCUT2D eigenvalue weighted by atomic mass is 9.51. The van der Waals surface area contributed by atoms with Crippen LogP contribution in [0.3, 0.4) is 0 Å². The molecule has 4 bridgehead atoms. The van der Waals surface area contributed by atoms with Gasteiger partial charge in [-0.25, -0.2) is 0 Å². The molecule has 4 rings (SSSR count). The van der Waals surface area contributed by atoms with Gasteiger partial charge in [0.25, 0.3) is 0 Å². The summed E-state index contributed by atoms with van der Waals surface area (Å²) >= 11 is 0. The highest BCUT2D eigenvalue weighted by Crippen LogP contribution is 2.57. The Morgan fingerprint density at radius 3 is 2.07 bits per heavy atom. The fourth-order valence-corrected chi connectivity index (χ4v) is 4.70. The minimum absolute atomic E-state index is 0.810. The second-order valence-electron chi connectivity index (χ2n) is 6.01. The van der Waals surface area contributed by atoms with Gasteiger partial charge < -0.3 is 0 Å². The third-order valence-electron chi connectivity index (χ3n) is 5.06. The van der Waals surface area contributed by atoms with Gasteiger partial charge in [0.2, 0.25) is 0 Å². The molecule has 1 nitrogen and oxygen atoms in total. The molecule has 0 atom stereocenters. The zero-order chi connectivity index (χ0) is 10.4. The molecule has 0 aromatic rings. The minimum Gasteiger partial charge on any atom is -0.193 e. The van der Waals surface area contributed by atoms with Crippen molar-refractivity contribution < 1.29 is 0 Å². The Balaban J connectivity index is 1.75. The molecule has 4 fully saturated rings. The molecule has 0 amide bonds. The van der Waals surface area contributed by atoms with Crippen molar-refractivity contribution in [2.75, 3.05) is 0 Å². The van der Waals surface area contributed by atoms with Crippen LogP contribution in [0.4, 0.5) is 0 Å². The standard InChI is InChI=1S/C14H19N/c1-9(8-15)2-14-12-4-10-3-11(6-12)7-13(14)5-10/h10-14H,1-7H2. The summed E-state index contributed by atoms with van der Waals surface area (Å²) in [6.07, 6.45) is 8.32. The summed E-state index contributed by atoms with van der Waals surface area (Å²) in [7, 11) is 0. The SMILES string of the molecule is C=C(C#N)CC1C2CC3CC(C2)CC1C3. The van der Waals surface area contributed by atoms with Crippen molar-refractivity contribution in [2.24, 2.45) is 29.6 Å². The smallest absolute Gasteiger partial charge is 0.0940 e. The van der Waals surface area contributed by atoms with Crippen LogP contribution in [0.15, 0.2) is 12.2 Å². The van der Waals surface area contributed by atoms with Gasteiger partial charge in [-0.1, -0.05) is 6.58 Å². The topological polar surface area (TPSA) is 23.8 Å². The summed E-state index contributed by atoms with van der Waals surface area (Å²) in [5, 5.41) is 8.84. The van der Waals surface area contributed by atoms with Gasteiger partial charge in [0.15, 0.2) is 0 Å². The lowest BCUT2D eigenvalue weighted by Gasteiger charge is -2.54. The fourth-order valence-electron chi connectivity index (χ4n) is 4.70. The molecule has 1 heteroatoms. The van der Waals surface area contributed by atoms with Crippen molar-refractivity contribution in [3.63, 3.8) is 0 Å². The first-order chi connectivity index (χ1) is 7.26. The predicted molar refractivity (Wildman–Crippen MR) is 59.9 cm³/mol. The molecule has 4 saturated carbocycles. The van der Waals surface area contributed by atoms with Crippen LogP contribution in [0.2, 0.25) is 0 Å². The van der Waals surface area contributed by atoms with E-state index in [-0.39, 0.29) is 0 Å². The lowest BCUT2D eigenvalue weighted by Crippen LogP contribution is -2.45. The molecule has 0 aromatic carbocycles. The molecule has 0 radical (unpaired) electrons. The van der Waals surface area contributed by atoms with E-state index in [0.29, 0.717) is 0 Å². The Morgan fingerprint density at radius 2 is 1.60 bits per heavy atom. The quantitative estimate of drug-likeness (QED) is 0.627. The number of nitriles is 1. The molecule has 0 unspecified atom stereocenters. The van der Waals surface area contributed by atoms with Gasteiger partial charge in [-0.05, 0) is 68.1 Å². The first kappa shape index (κ1) is 9.46. The molecular weight excluding hydrogens is 182 g/mol. The Bertz CT molecular complexity index is 295. The third-order valence-corrected chi connectivity index (χ3v) is 5.06. The van der Waals surface area contributed by atoms with Crippen molar-refractivity contribution in [3.05, 3.63) is 12.2 Å². The maximum atomic E-state index is 8.84. The maximum Gasteiger partial charge on any atom is 0.0940 e. The van der Waals surface area contributed by atoms with Crippen LogP contribution in [0.1, 0.15) is 38.5 Å². The van der Waals surface area contributed by atoms with Gasteiger partial charge in [-0.15, -0.1) is 0 Å². The fraction of sp³-hybridized carbons (Fsp3) is 0.786. The number of rotatable bonds is 2. The van der Waals surface area contributed by atoms with Gasteiger partial charge in [-0.3, -0.25) is 0 Å². The molecule has 0 N–H and O–H groups in total. The third kappa shape index (κ3) is 1.51.